The van der Waals surface area contributed by atoms with E-state index in [0.717, 1.165) is 23.8 Å². The van der Waals surface area contributed by atoms with E-state index >= 15 is 0 Å². The van der Waals surface area contributed by atoms with Gasteiger partial charge in [-0.15, -0.1) is 0 Å². The molecule has 0 aliphatic carbocycles. The average molecular weight is 403 g/mol. The van der Waals surface area contributed by atoms with Crippen LogP contribution in [-0.4, -0.2) is 46.7 Å². The van der Waals surface area contributed by atoms with Crippen LogP contribution in [0, 0.1) is 5.82 Å². The number of ether oxygens (including phenoxy) is 1. The van der Waals surface area contributed by atoms with Gasteiger partial charge in [0.2, 0.25) is 5.91 Å². The van der Waals surface area contributed by atoms with Gasteiger partial charge < -0.3 is 15.0 Å². The molecule has 1 saturated heterocycles. The minimum Gasteiger partial charge on any atom is -0.378 e. The fourth-order valence-corrected chi connectivity index (χ4v) is 3.87. The Balaban J connectivity index is 1.45. The average Bonchev–Trinajstić information content (AvgIpc) is 3.16. The van der Waals surface area contributed by atoms with Gasteiger partial charge in [0.15, 0.2) is 10.8 Å². The first-order chi connectivity index (χ1) is 13.6. The highest BCUT2D eigenvalue weighted by molar-refractivity contribution is 7.22. The molecule has 4 rings (SSSR count). The van der Waals surface area contributed by atoms with Crippen LogP contribution in [0.3, 0.4) is 0 Å². The highest BCUT2D eigenvalue weighted by Gasteiger charge is 2.18. The molecule has 1 aliphatic heterocycles. The Labute approximate surface area is 163 Å². The van der Waals surface area contributed by atoms with Crippen molar-refractivity contribution in [1.82, 2.24) is 19.9 Å². The molecule has 1 aromatic carbocycles. The molecule has 0 spiro atoms. The molecular formula is C18H18FN5O3S. The van der Waals surface area contributed by atoms with Gasteiger partial charge in [-0.2, -0.15) is 4.98 Å². The normalized spacial score (nSPS) is 14.4. The third-order valence-corrected chi connectivity index (χ3v) is 5.46. The first-order valence-electron chi connectivity index (χ1n) is 8.80. The van der Waals surface area contributed by atoms with Gasteiger partial charge in [0.25, 0.3) is 5.56 Å². The number of anilines is 1. The number of rotatable bonds is 5. The van der Waals surface area contributed by atoms with E-state index in [1.165, 1.54) is 34.4 Å². The monoisotopic (exact) mass is 403 g/mol. The molecule has 1 amide bonds. The molecule has 1 aliphatic rings. The van der Waals surface area contributed by atoms with Gasteiger partial charge in [-0.05, 0) is 17.7 Å². The summed E-state index contributed by atoms with van der Waals surface area (Å²) in [6.45, 7) is 2.81. The predicted octanol–water partition coefficient (Wildman–Crippen LogP) is 1.15. The molecule has 0 saturated carbocycles. The number of benzene rings is 1. The number of halogens is 1. The fraction of sp³-hybridized carbons (Fsp3) is 0.333. The maximum atomic E-state index is 12.9. The predicted molar refractivity (Wildman–Crippen MR) is 103 cm³/mol. The Bertz CT molecular complexity index is 1040. The molecule has 3 aromatic rings. The van der Waals surface area contributed by atoms with Gasteiger partial charge in [0.1, 0.15) is 23.4 Å². The minimum atomic E-state index is -0.331. The van der Waals surface area contributed by atoms with E-state index in [1.54, 1.807) is 12.1 Å². The van der Waals surface area contributed by atoms with Crippen LogP contribution in [0.1, 0.15) is 5.56 Å². The first kappa shape index (κ1) is 18.5. The highest BCUT2D eigenvalue weighted by Crippen LogP contribution is 2.25. The second-order valence-corrected chi connectivity index (χ2v) is 7.31. The summed E-state index contributed by atoms with van der Waals surface area (Å²) < 4.78 is 19.9. The number of nitrogens with one attached hydrogen (secondary N) is 1. The van der Waals surface area contributed by atoms with Crippen molar-refractivity contribution in [2.24, 2.45) is 0 Å². The molecule has 0 unspecified atom stereocenters. The van der Waals surface area contributed by atoms with E-state index in [4.69, 9.17) is 4.74 Å². The van der Waals surface area contributed by atoms with Gasteiger partial charge in [0.05, 0.1) is 13.2 Å². The SMILES string of the molecule is O=C(Cn1cnc2nc(N3CCOCC3)sc2c1=O)NCc1ccc(F)cc1. The number of carbonyl (C=O) groups is 1. The van der Waals surface area contributed by atoms with Crippen LogP contribution < -0.4 is 15.8 Å². The van der Waals surface area contributed by atoms with Crippen LogP contribution in [0.15, 0.2) is 35.4 Å². The maximum absolute atomic E-state index is 12.9. The Morgan fingerprint density at radius 1 is 1.25 bits per heavy atom. The van der Waals surface area contributed by atoms with E-state index < -0.39 is 0 Å². The summed E-state index contributed by atoms with van der Waals surface area (Å²) in [7, 11) is 0. The molecule has 146 valence electrons. The number of amides is 1. The van der Waals surface area contributed by atoms with Crippen molar-refractivity contribution < 1.29 is 13.9 Å². The van der Waals surface area contributed by atoms with Crippen molar-refractivity contribution in [2.45, 2.75) is 13.1 Å². The lowest BCUT2D eigenvalue weighted by atomic mass is 10.2. The van der Waals surface area contributed by atoms with Crippen LogP contribution >= 0.6 is 11.3 Å². The van der Waals surface area contributed by atoms with E-state index in [-0.39, 0.29) is 30.4 Å². The molecule has 8 nitrogen and oxygen atoms in total. The van der Waals surface area contributed by atoms with Gasteiger partial charge >= 0.3 is 0 Å². The van der Waals surface area contributed by atoms with Crippen molar-refractivity contribution in [1.29, 1.82) is 0 Å². The molecule has 1 N–H and O–H groups in total. The maximum Gasteiger partial charge on any atom is 0.273 e. The number of aromatic nitrogens is 3. The fourth-order valence-electron chi connectivity index (χ4n) is 2.85. The van der Waals surface area contributed by atoms with Crippen LogP contribution in [0.4, 0.5) is 9.52 Å². The number of fused-ring (bicyclic) bond motifs is 1. The summed E-state index contributed by atoms with van der Waals surface area (Å²) in [5, 5.41) is 3.45. The van der Waals surface area contributed by atoms with Crippen molar-refractivity contribution in [3.63, 3.8) is 0 Å². The van der Waals surface area contributed by atoms with E-state index in [2.05, 4.69) is 20.2 Å². The zero-order chi connectivity index (χ0) is 19.5. The lowest BCUT2D eigenvalue weighted by Crippen LogP contribution is -2.36. The lowest BCUT2D eigenvalue weighted by molar-refractivity contribution is -0.121. The summed E-state index contributed by atoms with van der Waals surface area (Å²) in [5.41, 5.74) is 0.867. The topological polar surface area (TPSA) is 89.3 Å². The standard InChI is InChI=1S/C18H18FN5O3S/c19-13-3-1-12(2-4-13)9-20-14(25)10-24-11-21-16-15(17(24)26)28-18(22-16)23-5-7-27-8-6-23/h1-4,11H,5-10H2,(H,20,25). The van der Waals surface area contributed by atoms with Crippen LogP contribution in [-0.2, 0) is 22.6 Å². The van der Waals surface area contributed by atoms with Gasteiger partial charge in [-0.25, -0.2) is 9.37 Å². The third-order valence-electron chi connectivity index (χ3n) is 4.37. The Morgan fingerprint density at radius 2 is 2.00 bits per heavy atom. The Hall–Kier alpha value is -2.85. The van der Waals surface area contributed by atoms with E-state index in [1.807, 2.05) is 0 Å². The van der Waals surface area contributed by atoms with Gasteiger partial charge in [-0.3, -0.25) is 14.2 Å². The number of morpholine rings is 1. The molecule has 28 heavy (non-hydrogen) atoms. The second kappa shape index (κ2) is 8.03. The zero-order valence-corrected chi connectivity index (χ0v) is 15.7. The molecule has 1 fully saturated rings. The molecular weight excluding hydrogens is 385 g/mol. The van der Waals surface area contributed by atoms with Crippen LogP contribution in [0.5, 0.6) is 0 Å². The summed E-state index contributed by atoms with van der Waals surface area (Å²) in [4.78, 5) is 35.6. The zero-order valence-electron chi connectivity index (χ0n) is 14.9. The number of nitrogens with zero attached hydrogens (tertiary/aromatic N) is 4. The Morgan fingerprint density at radius 3 is 2.75 bits per heavy atom. The van der Waals surface area contributed by atoms with Gasteiger partial charge in [0, 0.05) is 19.6 Å². The summed E-state index contributed by atoms with van der Waals surface area (Å²) >= 11 is 1.28. The largest absolute Gasteiger partial charge is 0.378 e. The van der Waals surface area contributed by atoms with Gasteiger partial charge in [-0.1, -0.05) is 23.5 Å². The summed E-state index contributed by atoms with van der Waals surface area (Å²) in [6, 6.07) is 5.86. The van der Waals surface area contributed by atoms with Crippen molar-refractivity contribution >= 4 is 32.7 Å². The molecule has 0 radical (unpaired) electrons. The van der Waals surface area contributed by atoms with Crippen molar-refractivity contribution in [2.75, 3.05) is 31.2 Å². The number of thiazole rings is 1. The Kier molecular flexibility index (Phi) is 5.31. The van der Waals surface area contributed by atoms with Crippen LogP contribution in [0.2, 0.25) is 0 Å². The van der Waals surface area contributed by atoms with E-state index in [9.17, 15) is 14.0 Å². The molecule has 3 heterocycles. The molecule has 2 aromatic heterocycles. The number of hydrogen-bond donors (Lipinski definition) is 1. The third kappa shape index (κ3) is 4.02. The number of hydrogen-bond acceptors (Lipinski definition) is 7. The lowest BCUT2D eigenvalue weighted by Gasteiger charge is -2.25. The molecule has 0 atom stereocenters. The van der Waals surface area contributed by atoms with Crippen LogP contribution in [0.25, 0.3) is 10.3 Å². The smallest absolute Gasteiger partial charge is 0.273 e. The molecule has 0 bridgehead atoms. The van der Waals surface area contributed by atoms with Crippen molar-refractivity contribution in [3.8, 4) is 0 Å². The highest BCUT2D eigenvalue weighted by atomic mass is 32.1. The number of carbonyl (C=O) groups excluding carboxylic acids is 1. The summed E-state index contributed by atoms with van der Waals surface area (Å²) in [6.07, 6.45) is 1.34. The quantitative estimate of drug-likeness (QED) is 0.687. The van der Waals surface area contributed by atoms with Crippen molar-refractivity contribution in [3.05, 3.63) is 52.3 Å². The van der Waals surface area contributed by atoms with E-state index in [0.29, 0.717) is 23.6 Å². The minimum absolute atomic E-state index is 0.145. The first-order valence-corrected chi connectivity index (χ1v) is 9.61. The summed E-state index contributed by atoms with van der Waals surface area (Å²) in [5.74, 6) is -0.660. The molecule has 10 heteroatoms. The second-order valence-electron chi connectivity index (χ2n) is 6.33.